The molecule has 1 fully saturated rings. The van der Waals surface area contributed by atoms with Crippen LogP contribution < -0.4 is 5.32 Å². The van der Waals surface area contributed by atoms with Crippen molar-refractivity contribution in [2.45, 2.75) is 39.0 Å². The SMILES string of the molecule is CCNCc1cccc(CN2CCCC(C(F)(F)F)C2)c1. The summed E-state index contributed by atoms with van der Waals surface area (Å²) in [6.45, 7) is 5.24. The highest BCUT2D eigenvalue weighted by Crippen LogP contribution is 2.33. The molecule has 1 aliphatic rings. The average Bonchev–Trinajstić information content (AvgIpc) is 2.45. The maximum Gasteiger partial charge on any atom is 0.393 e. The van der Waals surface area contributed by atoms with E-state index in [2.05, 4.69) is 18.3 Å². The Balaban J connectivity index is 1.94. The van der Waals surface area contributed by atoms with Gasteiger partial charge in [0.2, 0.25) is 0 Å². The summed E-state index contributed by atoms with van der Waals surface area (Å²) in [7, 11) is 0. The van der Waals surface area contributed by atoms with E-state index < -0.39 is 12.1 Å². The molecular weight excluding hydrogens is 277 g/mol. The van der Waals surface area contributed by atoms with E-state index in [-0.39, 0.29) is 13.0 Å². The fourth-order valence-corrected chi connectivity index (χ4v) is 2.83. The summed E-state index contributed by atoms with van der Waals surface area (Å²) in [6, 6.07) is 8.10. The second-order valence-electron chi connectivity index (χ2n) is 5.72. The van der Waals surface area contributed by atoms with Gasteiger partial charge in [0, 0.05) is 19.6 Å². The Hall–Kier alpha value is -1.07. The molecule has 0 bridgehead atoms. The van der Waals surface area contributed by atoms with Crippen LogP contribution in [0.3, 0.4) is 0 Å². The first kappa shape index (κ1) is 16.3. The number of nitrogens with one attached hydrogen (secondary N) is 1. The predicted molar refractivity (Wildman–Crippen MR) is 77.9 cm³/mol. The van der Waals surface area contributed by atoms with Crippen LogP contribution in [0.25, 0.3) is 0 Å². The number of halogens is 3. The second-order valence-corrected chi connectivity index (χ2v) is 5.72. The number of rotatable bonds is 5. The van der Waals surface area contributed by atoms with Gasteiger partial charge in [-0.15, -0.1) is 0 Å². The van der Waals surface area contributed by atoms with Crippen molar-refractivity contribution in [1.29, 1.82) is 0 Å². The Morgan fingerprint density at radius 3 is 2.76 bits per heavy atom. The standard InChI is InChI=1S/C16H23F3N2/c1-2-20-10-13-5-3-6-14(9-13)11-21-8-4-7-15(12-21)16(17,18)19/h3,5-6,9,15,20H,2,4,7-8,10-12H2,1H3. The van der Waals surface area contributed by atoms with Gasteiger partial charge in [-0.25, -0.2) is 0 Å². The third-order valence-corrected chi connectivity index (χ3v) is 3.95. The summed E-state index contributed by atoms with van der Waals surface area (Å²) in [5.41, 5.74) is 2.27. The molecule has 2 nitrogen and oxygen atoms in total. The molecule has 2 rings (SSSR count). The lowest BCUT2D eigenvalue weighted by molar-refractivity contribution is -0.187. The van der Waals surface area contributed by atoms with Crippen LogP contribution in [0, 0.1) is 5.92 Å². The van der Waals surface area contributed by atoms with E-state index >= 15 is 0 Å². The van der Waals surface area contributed by atoms with E-state index in [1.807, 2.05) is 23.1 Å². The lowest BCUT2D eigenvalue weighted by Gasteiger charge is -2.33. The van der Waals surface area contributed by atoms with Gasteiger partial charge in [0.15, 0.2) is 0 Å². The Bertz CT molecular complexity index is 445. The number of alkyl halides is 3. The Morgan fingerprint density at radius 2 is 2.05 bits per heavy atom. The number of hydrogen-bond acceptors (Lipinski definition) is 2. The quantitative estimate of drug-likeness (QED) is 0.894. The number of nitrogens with zero attached hydrogens (tertiary/aromatic N) is 1. The first-order valence-electron chi connectivity index (χ1n) is 7.56. The van der Waals surface area contributed by atoms with E-state index in [4.69, 9.17) is 0 Å². The topological polar surface area (TPSA) is 15.3 Å². The molecule has 1 atom stereocenters. The monoisotopic (exact) mass is 300 g/mol. The number of likely N-dealkylation sites (tertiary alicyclic amines) is 1. The summed E-state index contributed by atoms with van der Waals surface area (Å²) in [6.07, 6.45) is -3.17. The zero-order chi connectivity index (χ0) is 15.3. The van der Waals surface area contributed by atoms with Gasteiger partial charge in [-0.05, 0) is 37.1 Å². The van der Waals surface area contributed by atoms with Gasteiger partial charge in [0.25, 0.3) is 0 Å². The normalized spacial score (nSPS) is 20.7. The maximum absolute atomic E-state index is 12.8. The van der Waals surface area contributed by atoms with Crippen LogP contribution in [0.15, 0.2) is 24.3 Å². The number of piperidine rings is 1. The lowest BCUT2D eigenvalue weighted by atomic mass is 9.97. The highest BCUT2D eigenvalue weighted by molar-refractivity contribution is 5.23. The van der Waals surface area contributed by atoms with Crippen molar-refractivity contribution in [3.63, 3.8) is 0 Å². The molecule has 0 aliphatic carbocycles. The summed E-state index contributed by atoms with van der Waals surface area (Å²) in [5.74, 6) is -1.17. The largest absolute Gasteiger partial charge is 0.393 e. The summed E-state index contributed by atoms with van der Waals surface area (Å²) < 4.78 is 38.5. The Labute approximate surface area is 124 Å². The van der Waals surface area contributed by atoms with Crippen molar-refractivity contribution in [1.82, 2.24) is 10.2 Å². The summed E-state index contributed by atoms with van der Waals surface area (Å²) in [4.78, 5) is 1.92. The molecule has 0 amide bonds. The minimum absolute atomic E-state index is 0.126. The molecule has 0 spiro atoms. The van der Waals surface area contributed by atoms with Crippen LogP contribution in [-0.4, -0.2) is 30.7 Å². The lowest BCUT2D eigenvalue weighted by Crippen LogP contribution is -2.41. The molecule has 1 N–H and O–H groups in total. The van der Waals surface area contributed by atoms with Gasteiger partial charge in [-0.2, -0.15) is 13.2 Å². The van der Waals surface area contributed by atoms with Gasteiger partial charge >= 0.3 is 6.18 Å². The van der Waals surface area contributed by atoms with Crippen molar-refractivity contribution in [3.05, 3.63) is 35.4 Å². The van der Waals surface area contributed by atoms with Crippen molar-refractivity contribution in [3.8, 4) is 0 Å². The van der Waals surface area contributed by atoms with Gasteiger partial charge in [0.05, 0.1) is 5.92 Å². The van der Waals surface area contributed by atoms with E-state index in [1.165, 1.54) is 5.56 Å². The van der Waals surface area contributed by atoms with E-state index in [0.29, 0.717) is 13.0 Å². The molecule has 1 heterocycles. The number of benzene rings is 1. The van der Waals surface area contributed by atoms with Crippen LogP contribution in [0.1, 0.15) is 30.9 Å². The molecule has 1 aromatic rings. The molecule has 0 saturated carbocycles. The van der Waals surface area contributed by atoms with E-state index in [0.717, 1.165) is 25.2 Å². The summed E-state index contributed by atoms with van der Waals surface area (Å²) >= 11 is 0. The maximum atomic E-state index is 12.8. The third-order valence-electron chi connectivity index (χ3n) is 3.95. The van der Waals surface area contributed by atoms with Crippen LogP contribution in [-0.2, 0) is 13.1 Å². The molecular formula is C16H23F3N2. The second kappa shape index (κ2) is 7.27. The average molecular weight is 300 g/mol. The smallest absolute Gasteiger partial charge is 0.313 e. The molecule has 1 unspecified atom stereocenters. The molecule has 5 heteroatoms. The fraction of sp³-hybridized carbons (Fsp3) is 0.625. The molecule has 1 aliphatic heterocycles. The van der Waals surface area contributed by atoms with Crippen LogP contribution in [0.4, 0.5) is 13.2 Å². The molecule has 118 valence electrons. The van der Waals surface area contributed by atoms with Crippen LogP contribution >= 0.6 is 0 Å². The summed E-state index contributed by atoms with van der Waals surface area (Å²) in [5, 5.41) is 3.26. The van der Waals surface area contributed by atoms with Gasteiger partial charge in [-0.1, -0.05) is 31.2 Å². The van der Waals surface area contributed by atoms with Crippen LogP contribution in [0.2, 0.25) is 0 Å². The fourth-order valence-electron chi connectivity index (χ4n) is 2.83. The molecule has 1 aromatic carbocycles. The predicted octanol–water partition coefficient (Wildman–Crippen LogP) is 3.57. The van der Waals surface area contributed by atoms with Crippen molar-refractivity contribution >= 4 is 0 Å². The van der Waals surface area contributed by atoms with Gasteiger partial charge < -0.3 is 5.32 Å². The zero-order valence-corrected chi connectivity index (χ0v) is 12.4. The third kappa shape index (κ3) is 5.00. The minimum atomic E-state index is -4.06. The van der Waals surface area contributed by atoms with Crippen molar-refractivity contribution in [2.24, 2.45) is 5.92 Å². The van der Waals surface area contributed by atoms with E-state index in [1.54, 1.807) is 0 Å². The van der Waals surface area contributed by atoms with Crippen molar-refractivity contribution < 1.29 is 13.2 Å². The molecule has 0 aromatic heterocycles. The highest BCUT2D eigenvalue weighted by Gasteiger charge is 2.41. The highest BCUT2D eigenvalue weighted by atomic mass is 19.4. The first-order chi connectivity index (χ1) is 9.99. The number of hydrogen-bond donors (Lipinski definition) is 1. The molecule has 1 saturated heterocycles. The first-order valence-corrected chi connectivity index (χ1v) is 7.56. The van der Waals surface area contributed by atoms with Crippen LogP contribution in [0.5, 0.6) is 0 Å². The van der Waals surface area contributed by atoms with E-state index in [9.17, 15) is 13.2 Å². The Morgan fingerprint density at radius 1 is 1.29 bits per heavy atom. The zero-order valence-electron chi connectivity index (χ0n) is 12.4. The molecule has 21 heavy (non-hydrogen) atoms. The van der Waals surface area contributed by atoms with Gasteiger partial charge in [0.1, 0.15) is 0 Å². The van der Waals surface area contributed by atoms with Crippen molar-refractivity contribution in [2.75, 3.05) is 19.6 Å². The van der Waals surface area contributed by atoms with Gasteiger partial charge in [-0.3, -0.25) is 4.90 Å². The Kier molecular flexibility index (Phi) is 5.65. The minimum Gasteiger partial charge on any atom is -0.313 e. The molecule has 0 radical (unpaired) electrons.